The Morgan fingerprint density at radius 2 is 1.69 bits per heavy atom. The van der Waals surface area contributed by atoms with Crippen LogP contribution in [0.1, 0.15) is 29.5 Å². The molecule has 1 unspecified atom stereocenters. The van der Waals surface area contributed by atoms with Crippen LogP contribution < -0.4 is 16.0 Å². The fraction of sp³-hybridized carbons (Fsp3) is 0.333. The highest BCUT2D eigenvalue weighted by atomic mass is 16.1. The lowest BCUT2D eigenvalue weighted by Crippen LogP contribution is -2.43. The molecule has 0 bridgehead atoms. The topological polar surface area (TPSA) is 65.5 Å². The quantitative estimate of drug-likeness (QED) is 0.530. The van der Waals surface area contributed by atoms with E-state index in [4.69, 9.17) is 0 Å². The summed E-state index contributed by atoms with van der Waals surface area (Å²) in [6, 6.07) is 18.4. The van der Waals surface area contributed by atoms with Gasteiger partial charge in [-0.3, -0.25) is 9.79 Å². The summed E-state index contributed by atoms with van der Waals surface area (Å²) in [4.78, 5) is 16.1. The van der Waals surface area contributed by atoms with E-state index in [1.807, 2.05) is 30.3 Å². The molecular formula is C21H28N4O. The first kappa shape index (κ1) is 19.5. The van der Waals surface area contributed by atoms with Crippen molar-refractivity contribution in [3.05, 3.63) is 71.3 Å². The van der Waals surface area contributed by atoms with E-state index in [-0.39, 0.29) is 12.5 Å². The number of carbonyl (C=O) groups excluding carboxylic acids is 1. The van der Waals surface area contributed by atoms with E-state index < -0.39 is 0 Å². The van der Waals surface area contributed by atoms with E-state index in [1.165, 1.54) is 11.1 Å². The van der Waals surface area contributed by atoms with Crippen LogP contribution in [-0.2, 0) is 11.3 Å². The fourth-order valence-corrected chi connectivity index (χ4v) is 2.51. The van der Waals surface area contributed by atoms with Crippen LogP contribution >= 0.6 is 0 Å². The summed E-state index contributed by atoms with van der Waals surface area (Å²) in [5.74, 6) is 0.906. The van der Waals surface area contributed by atoms with Gasteiger partial charge in [-0.2, -0.15) is 0 Å². The zero-order valence-corrected chi connectivity index (χ0v) is 15.8. The number of guanidine groups is 1. The van der Waals surface area contributed by atoms with Gasteiger partial charge in [-0.25, -0.2) is 0 Å². The van der Waals surface area contributed by atoms with Gasteiger partial charge in [-0.05, 0) is 24.0 Å². The number of aryl methyl sites for hydroxylation is 1. The third kappa shape index (κ3) is 6.59. The molecule has 0 saturated heterocycles. The molecule has 1 amide bonds. The average Bonchev–Trinajstić information content (AvgIpc) is 2.67. The Morgan fingerprint density at radius 1 is 1.00 bits per heavy atom. The van der Waals surface area contributed by atoms with Crippen molar-refractivity contribution < 1.29 is 4.79 Å². The van der Waals surface area contributed by atoms with Crippen molar-refractivity contribution in [2.75, 3.05) is 20.1 Å². The van der Waals surface area contributed by atoms with E-state index in [2.05, 4.69) is 59.1 Å². The molecule has 2 rings (SSSR count). The molecule has 0 spiro atoms. The summed E-state index contributed by atoms with van der Waals surface area (Å²) >= 11 is 0. The summed E-state index contributed by atoms with van der Waals surface area (Å²) in [5.41, 5.74) is 3.61. The standard InChI is InChI=1S/C21H28N4O/c1-16-9-11-19(12-10-16)17(2)13-24-21(22-3)25-15-20(26)23-14-18-7-5-4-6-8-18/h4-12,17H,13-15H2,1-3H3,(H,23,26)(H2,22,24,25). The molecule has 0 saturated carbocycles. The summed E-state index contributed by atoms with van der Waals surface area (Å²) in [5, 5.41) is 9.21. The Bertz CT molecular complexity index is 711. The van der Waals surface area contributed by atoms with Crippen LogP contribution in [0, 0.1) is 6.92 Å². The van der Waals surface area contributed by atoms with E-state index >= 15 is 0 Å². The number of amides is 1. The molecule has 0 aromatic heterocycles. The van der Waals surface area contributed by atoms with Crippen molar-refractivity contribution in [3.8, 4) is 0 Å². The minimum atomic E-state index is -0.0663. The molecule has 138 valence electrons. The number of benzene rings is 2. The van der Waals surface area contributed by atoms with Crippen molar-refractivity contribution in [2.24, 2.45) is 4.99 Å². The van der Waals surface area contributed by atoms with Crippen LogP contribution in [0.15, 0.2) is 59.6 Å². The van der Waals surface area contributed by atoms with Crippen molar-refractivity contribution in [3.63, 3.8) is 0 Å². The Labute approximate surface area is 155 Å². The number of nitrogens with zero attached hydrogens (tertiary/aromatic N) is 1. The molecule has 5 heteroatoms. The molecule has 3 N–H and O–H groups in total. The van der Waals surface area contributed by atoms with Gasteiger partial charge in [-0.15, -0.1) is 0 Å². The maximum absolute atomic E-state index is 12.0. The highest BCUT2D eigenvalue weighted by molar-refractivity contribution is 5.86. The van der Waals surface area contributed by atoms with Crippen molar-refractivity contribution in [2.45, 2.75) is 26.3 Å². The predicted octanol–water partition coefficient (Wildman–Crippen LogP) is 2.58. The first-order valence-electron chi connectivity index (χ1n) is 8.90. The van der Waals surface area contributed by atoms with Gasteiger partial charge in [0.1, 0.15) is 0 Å². The number of nitrogens with one attached hydrogen (secondary N) is 3. The maximum atomic E-state index is 12.0. The van der Waals surface area contributed by atoms with E-state index in [0.717, 1.165) is 12.1 Å². The number of aliphatic imine (C=N–C) groups is 1. The van der Waals surface area contributed by atoms with Gasteiger partial charge in [0.15, 0.2) is 5.96 Å². The lowest BCUT2D eigenvalue weighted by Gasteiger charge is -2.16. The predicted molar refractivity (Wildman–Crippen MR) is 107 cm³/mol. The zero-order chi connectivity index (χ0) is 18.8. The normalized spacial score (nSPS) is 12.3. The minimum Gasteiger partial charge on any atom is -0.356 e. The van der Waals surface area contributed by atoms with Gasteiger partial charge in [-0.1, -0.05) is 67.1 Å². The molecule has 0 aliphatic rings. The zero-order valence-electron chi connectivity index (χ0n) is 15.8. The largest absolute Gasteiger partial charge is 0.356 e. The molecule has 26 heavy (non-hydrogen) atoms. The fourth-order valence-electron chi connectivity index (χ4n) is 2.51. The SMILES string of the molecule is CN=C(NCC(=O)NCc1ccccc1)NCC(C)c1ccc(C)cc1. The Hall–Kier alpha value is -2.82. The lowest BCUT2D eigenvalue weighted by atomic mass is 10.0. The first-order valence-corrected chi connectivity index (χ1v) is 8.90. The molecule has 0 fully saturated rings. The van der Waals surface area contributed by atoms with Crippen molar-refractivity contribution >= 4 is 11.9 Å². The smallest absolute Gasteiger partial charge is 0.239 e. The van der Waals surface area contributed by atoms with E-state index in [1.54, 1.807) is 7.05 Å². The summed E-state index contributed by atoms with van der Waals surface area (Å²) in [6.45, 7) is 5.70. The number of hydrogen-bond acceptors (Lipinski definition) is 2. The Morgan fingerprint density at radius 3 is 2.35 bits per heavy atom. The van der Waals surface area contributed by atoms with Crippen molar-refractivity contribution in [1.82, 2.24) is 16.0 Å². The Kier molecular flexibility index (Phi) is 7.68. The second kappa shape index (κ2) is 10.2. The molecule has 1 atom stereocenters. The minimum absolute atomic E-state index is 0.0663. The molecule has 2 aromatic rings. The van der Waals surface area contributed by atoms with Crippen LogP contribution in [0.2, 0.25) is 0 Å². The third-order valence-electron chi connectivity index (χ3n) is 4.19. The van der Waals surface area contributed by atoms with Gasteiger partial charge >= 0.3 is 0 Å². The molecule has 5 nitrogen and oxygen atoms in total. The first-order chi connectivity index (χ1) is 12.6. The Balaban J connectivity index is 1.71. The van der Waals surface area contributed by atoms with Crippen LogP contribution in [-0.4, -0.2) is 32.0 Å². The maximum Gasteiger partial charge on any atom is 0.239 e. The highest BCUT2D eigenvalue weighted by Crippen LogP contribution is 2.14. The van der Waals surface area contributed by atoms with Crippen LogP contribution in [0.4, 0.5) is 0 Å². The van der Waals surface area contributed by atoms with Crippen LogP contribution in [0.5, 0.6) is 0 Å². The number of hydrogen-bond donors (Lipinski definition) is 3. The van der Waals surface area contributed by atoms with E-state index in [9.17, 15) is 4.79 Å². The van der Waals surface area contributed by atoms with E-state index in [0.29, 0.717) is 18.4 Å². The lowest BCUT2D eigenvalue weighted by molar-refractivity contribution is -0.120. The summed E-state index contributed by atoms with van der Waals surface area (Å²) in [7, 11) is 1.70. The number of rotatable bonds is 7. The molecule has 0 aliphatic heterocycles. The third-order valence-corrected chi connectivity index (χ3v) is 4.19. The molecule has 2 aromatic carbocycles. The molecular weight excluding hydrogens is 324 g/mol. The van der Waals surface area contributed by atoms with Crippen LogP contribution in [0.3, 0.4) is 0 Å². The average molecular weight is 352 g/mol. The van der Waals surface area contributed by atoms with Crippen LogP contribution in [0.25, 0.3) is 0 Å². The second-order valence-corrected chi connectivity index (χ2v) is 6.38. The van der Waals surface area contributed by atoms with Gasteiger partial charge in [0.05, 0.1) is 6.54 Å². The summed E-state index contributed by atoms with van der Waals surface area (Å²) in [6.07, 6.45) is 0. The summed E-state index contributed by atoms with van der Waals surface area (Å²) < 4.78 is 0. The highest BCUT2D eigenvalue weighted by Gasteiger charge is 2.08. The molecule has 0 heterocycles. The van der Waals surface area contributed by atoms with Gasteiger partial charge in [0.25, 0.3) is 0 Å². The van der Waals surface area contributed by atoms with Gasteiger partial charge in [0, 0.05) is 20.1 Å². The van der Waals surface area contributed by atoms with Gasteiger partial charge < -0.3 is 16.0 Å². The van der Waals surface area contributed by atoms with Gasteiger partial charge in [0.2, 0.25) is 5.91 Å². The van der Waals surface area contributed by atoms with Crippen molar-refractivity contribution in [1.29, 1.82) is 0 Å². The molecule has 0 aliphatic carbocycles. The monoisotopic (exact) mass is 352 g/mol. The second-order valence-electron chi connectivity index (χ2n) is 6.38. The number of carbonyl (C=O) groups is 1. The molecule has 0 radical (unpaired) electrons.